The lowest BCUT2D eigenvalue weighted by molar-refractivity contribution is 0.0693. The molecule has 98 valence electrons. The van der Waals surface area contributed by atoms with E-state index in [9.17, 15) is 0 Å². The largest absolute Gasteiger partial charge is 0.378 e. The van der Waals surface area contributed by atoms with Crippen molar-refractivity contribution in [2.45, 2.75) is 9.46 Å². The molecule has 0 amide bonds. The van der Waals surface area contributed by atoms with Gasteiger partial charge in [-0.25, -0.2) is 0 Å². The molecule has 1 aromatic heterocycles. The molecule has 0 bridgehead atoms. The van der Waals surface area contributed by atoms with E-state index in [1.165, 1.54) is 9.38 Å². The summed E-state index contributed by atoms with van der Waals surface area (Å²) >= 11 is 5.72. The Bertz CT molecular complexity index is 401. The zero-order chi connectivity index (χ0) is 12.2. The summed E-state index contributed by atoms with van der Waals surface area (Å²) in [6.45, 7) is 4.64. The van der Waals surface area contributed by atoms with Crippen molar-refractivity contribution in [2.24, 2.45) is 4.99 Å². The molecule has 0 saturated carbocycles. The normalized spacial score (nSPS) is 24.3. The van der Waals surface area contributed by atoms with Gasteiger partial charge < -0.3 is 9.64 Å². The number of rotatable bonds is 3. The fourth-order valence-electron chi connectivity index (χ4n) is 1.94. The molecule has 3 rings (SSSR count). The number of thiophene rings is 1. The lowest BCUT2D eigenvalue weighted by Crippen LogP contribution is -2.39. The molecule has 0 N–H and O–H groups in total. The molecule has 3 heterocycles. The third-order valence-corrected chi connectivity index (χ3v) is 6.64. The van der Waals surface area contributed by atoms with Crippen LogP contribution in [0.4, 0.5) is 0 Å². The number of hydrogen-bond acceptors (Lipinski definition) is 6. The van der Waals surface area contributed by atoms with Gasteiger partial charge in [0.15, 0.2) is 5.17 Å². The SMILES string of the molecule is c1csc(SC[C@H]2CN=C(N3CCOCC3)S2)c1. The Hall–Kier alpha value is -0.170. The van der Waals surface area contributed by atoms with Crippen molar-refractivity contribution in [3.63, 3.8) is 0 Å². The number of nitrogens with zero attached hydrogens (tertiary/aromatic N) is 2. The summed E-state index contributed by atoms with van der Waals surface area (Å²) in [6, 6.07) is 4.31. The number of ether oxygens (including phenoxy) is 1. The van der Waals surface area contributed by atoms with Crippen LogP contribution in [0.25, 0.3) is 0 Å². The first-order valence-corrected chi connectivity index (χ1v) is 8.86. The standard InChI is InChI=1S/C12H16N2OS3/c1-2-11(16-7-1)17-9-10-8-13-12(18-10)14-3-5-15-6-4-14/h1-2,7,10H,3-6,8-9H2/t10-/m1/s1. The molecule has 1 saturated heterocycles. The van der Waals surface area contributed by atoms with Crippen LogP contribution < -0.4 is 0 Å². The van der Waals surface area contributed by atoms with E-state index in [1.54, 1.807) is 0 Å². The lowest BCUT2D eigenvalue weighted by Gasteiger charge is -2.28. The highest BCUT2D eigenvalue weighted by molar-refractivity contribution is 8.15. The molecule has 0 aliphatic carbocycles. The van der Waals surface area contributed by atoms with Gasteiger partial charge in [0.2, 0.25) is 0 Å². The number of aliphatic imine (C=N–C) groups is 1. The number of amidine groups is 1. The maximum absolute atomic E-state index is 5.37. The number of thioether (sulfide) groups is 2. The number of hydrogen-bond donors (Lipinski definition) is 0. The Morgan fingerprint density at radius 3 is 3.11 bits per heavy atom. The molecule has 0 unspecified atom stereocenters. The highest BCUT2D eigenvalue weighted by atomic mass is 32.2. The highest BCUT2D eigenvalue weighted by Gasteiger charge is 2.25. The van der Waals surface area contributed by atoms with Crippen LogP contribution in [0.3, 0.4) is 0 Å². The fraction of sp³-hybridized carbons (Fsp3) is 0.583. The average molecular weight is 300 g/mol. The monoisotopic (exact) mass is 300 g/mol. The quantitative estimate of drug-likeness (QED) is 0.801. The predicted octanol–water partition coefficient (Wildman–Crippen LogP) is 2.64. The van der Waals surface area contributed by atoms with Crippen LogP contribution in [-0.2, 0) is 4.74 Å². The highest BCUT2D eigenvalue weighted by Crippen LogP contribution is 2.31. The zero-order valence-electron chi connectivity index (χ0n) is 10.1. The van der Waals surface area contributed by atoms with E-state index < -0.39 is 0 Å². The van der Waals surface area contributed by atoms with Crippen molar-refractivity contribution in [1.29, 1.82) is 0 Å². The molecule has 0 aromatic carbocycles. The van der Waals surface area contributed by atoms with Crippen molar-refractivity contribution in [3.8, 4) is 0 Å². The van der Waals surface area contributed by atoms with E-state index in [2.05, 4.69) is 27.4 Å². The molecule has 2 aliphatic rings. The van der Waals surface area contributed by atoms with Crippen LogP contribution in [0.1, 0.15) is 0 Å². The van der Waals surface area contributed by atoms with Gasteiger partial charge in [0.05, 0.1) is 24.0 Å². The predicted molar refractivity (Wildman–Crippen MR) is 81.1 cm³/mol. The second kappa shape index (κ2) is 6.32. The van der Waals surface area contributed by atoms with E-state index in [0.717, 1.165) is 38.6 Å². The van der Waals surface area contributed by atoms with Gasteiger partial charge >= 0.3 is 0 Å². The van der Waals surface area contributed by atoms with Crippen LogP contribution >= 0.6 is 34.9 Å². The van der Waals surface area contributed by atoms with Gasteiger partial charge in [0, 0.05) is 24.1 Å². The Morgan fingerprint density at radius 2 is 2.33 bits per heavy atom. The van der Waals surface area contributed by atoms with E-state index in [0.29, 0.717) is 5.25 Å². The zero-order valence-corrected chi connectivity index (χ0v) is 12.5. The van der Waals surface area contributed by atoms with Gasteiger partial charge in [-0.05, 0) is 11.4 Å². The van der Waals surface area contributed by atoms with Gasteiger partial charge in [-0.15, -0.1) is 23.1 Å². The van der Waals surface area contributed by atoms with E-state index in [-0.39, 0.29) is 0 Å². The molecule has 1 atom stereocenters. The van der Waals surface area contributed by atoms with Gasteiger partial charge in [0.25, 0.3) is 0 Å². The maximum atomic E-state index is 5.37. The van der Waals surface area contributed by atoms with Crippen molar-refractivity contribution in [1.82, 2.24) is 4.90 Å². The summed E-state index contributed by atoms with van der Waals surface area (Å²) in [5.74, 6) is 1.16. The molecule has 2 aliphatic heterocycles. The molecule has 1 aromatic rings. The lowest BCUT2D eigenvalue weighted by atomic mass is 10.4. The molecule has 0 spiro atoms. The van der Waals surface area contributed by atoms with Gasteiger partial charge in [-0.1, -0.05) is 17.8 Å². The van der Waals surface area contributed by atoms with Gasteiger partial charge in [-0.2, -0.15) is 0 Å². The fourth-order valence-corrected chi connectivity index (χ4v) is 5.07. The summed E-state index contributed by atoms with van der Waals surface area (Å²) in [6.07, 6.45) is 0. The third kappa shape index (κ3) is 3.23. The summed E-state index contributed by atoms with van der Waals surface area (Å²) in [7, 11) is 0. The summed E-state index contributed by atoms with van der Waals surface area (Å²) in [5, 5.41) is 4.00. The molecular weight excluding hydrogens is 284 g/mol. The average Bonchev–Trinajstić information content (AvgIpc) is 3.09. The summed E-state index contributed by atoms with van der Waals surface area (Å²) in [4.78, 5) is 7.05. The first-order valence-electron chi connectivity index (χ1n) is 6.12. The van der Waals surface area contributed by atoms with Gasteiger partial charge in [-0.3, -0.25) is 4.99 Å². The van der Waals surface area contributed by atoms with Crippen molar-refractivity contribution in [2.75, 3.05) is 38.6 Å². The van der Waals surface area contributed by atoms with Crippen LogP contribution in [0, 0.1) is 0 Å². The Balaban J connectivity index is 1.45. The van der Waals surface area contributed by atoms with E-state index in [1.807, 2.05) is 34.9 Å². The first kappa shape index (κ1) is 12.8. The molecular formula is C12H16N2OS3. The van der Waals surface area contributed by atoms with E-state index in [4.69, 9.17) is 4.74 Å². The topological polar surface area (TPSA) is 24.8 Å². The molecule has 18 heavy (non-hydrogen) atoms. The minimum atomic E-state index is 0.634. The minimum absolute atomic E-state index is 0.634. The van der Waals surface area contributed by atoms with Gasteiger partial charge in [0.1, 0.15) is 0 Å². The van der Waals surface area contributed by atoms with Crippen LogP contribution in [0.5, 0.6) is 0 Å². The molecule has 0 radical (unpaired) electrons. The Morgan fingerprint density at radius 1 is 1.44 bits per heavy atom. The maximum Gasteiger partial charge on any atom is 0.159 e. The Kier molecular flexibility index (Phi) is 4.51. The first-order chi connectivity index (χ1) is 8.92. The van der Waals surface area contributed by atoms with Crippen LogP contribution in [0.15, 0.2) is 26.7 Å². The van der Waals surface area contributed by atoms with Crippen LogP contribution in [-0.4, -0.2) is 53.9 Å². The Labute approximate surface area is 120 Å². The van der Waals surface area contributed by atoms with Crippen LogP contribution in [0.2, 0.25) is 0 Å². The second-order valence-corrected chi connectivity index (χ2v) is 7.74. The smallest absolute Gasteiger partial charge is 0.159 e. The van der Waals surface area contributed by atoms with Crippen molar-refractivity contribution in [3.05, 3.63) is 17.5 Å². The van der Waals surface area contributed by atoms with Crippen molar-refractivity contribution >= 4 is 40.0 Å². The molecule has 1 fully saturated rings. The summed E-state index contributed by atoms with van der Waals surface area (Å²) < 4.78 is 6.79. The summed E-state index contributed by atoms with van der Waals surface area (Å²) in [5.41, 5.74) is 0. The molecule has 3 nitrogen and oxygen atoms in total. The molecule has 6 heteroatoms. The second-order valence-electron chi connectivity index (χ2n) is 4.21. The van der Waals surface area contributed by atoms with Crippen molar-refractivity contribution < 1.29 is 4.74 Å². The third-order valence-electron chi connectivity index (χ3n) is 2.89. The van der Waals surface area contributed by atoms with E-state index >= 15 is 0 Å². The minimum Gasteiger partial charge on any atom is -0.378 e. The number of morpholine rings is 1.